The maximum Gasteiger partial charge on any atom is 0.231 e. The van der Waals surface area contributed by atoms with Crippen LogP contribution in [0.1, 0.15) is 29.9 Å². The molecule has 4 rings (SSSR count). The lowest BCUT2D eigenvalue weighted by atomic mass is 9.94. The number of nitrogens with two attached hydrogens (primary N) is 1. The number of hydrogen-bond donors (Lipinski definition) is 1. The lowest BCUT2D eigenvalue weighted by molar-refractivity contribution is -0.190. The maximum atomic E-state index is 11.5. The van der Waals surface area contributed by atoms with Crippen LogP contribution in [0.2, 0.25) is 0 Å². The van der Waals surface area contributed by atoms with Gasteiger partial charge in [0.05, 0.1) is 26.9 Å². The molecule has 2 heterocycles. The fourth-order valence-corrected chi connectivity index (χ4v) is 4.32. The van der Waals surface area contributed by atoms with E-state index in [0.29, 0.717) is 19.8 Å². The number of nitrogens with zero attached hydrogens (tertiary/aromatic N) is 2. The van der Waals surface area contributed by atoms with E-state index in [1.165, 1.54) is 10.9 Å². The number of ether oxygens (including phenoxy) is 3. The van der Waals surface area contributed by atoms with Crippen LogP contribution in [-0.4, -0.2) is 55.5 Å². The van der Waals surface area contributed by atoms with Crippen molar-refractivity contribution < 1.29 is 19.0 Å². The molecule has 0 unspecified atom stereocenters. The number of aromatic nitrogens is 1. The minimum absolute atomic E-state index is 0.191. The zero-order valence-electron chi connectivity index (χ0n) is 19.0. The molecule has 7 nitrogen and oxygen atoms in total. The Hall–Kier alpha value is -3.00. The number of carbonyl (C=O) groups is 1. The largest absolute Gasteiger partial charge is 0.497 e. The van der Waals surface area contributed by atoms with Crippen molar-refractivity contribution in [2.45, 2.75) is 31.6 Å². The van der Waals surface area contributed by atoms with Gasteiger partial charge in [0.15, 0.2) is 6.29 Å². The van der Waals surface area contributed by atoms with E-state index in [0.717, 1.165) is 36.1 Å². The molecule has 2 aromatic carbocycles. The number of rotatable bonds is 10. The van der Waals surface area contributed by atoms with Crippen LogP contribution in [0.25, 0.3) is 10.8 Å². The molecule has 174 valence electrons. The minimum Gasteiger partial charge on any atom is -0.497 e. The fraction of sp³-hybridized carbons (Fsp3) is 0.385. The predicted octanol–water partition coefficient (Wildman–Crippen LogP) is 3.47. The summed E-state index contributed by atoms with van der Waals surface area (Å²) in [4.78, 5) is 17.6. The van der Waals surface area contributed by atoms with Crippen molar-refractivity contribution >= 4 is 16.7 Å². The van der Waals surface area contributed by atoms with Gasteiger partial charge in [-0.25, -0.2) is 0 Å². The van der Waals surface area contributed by atoms with Crippen molar-refractivity contribution in [1.82, 2.24) is 9.88 Å². The number of methoxy groups -OCH3 is 1. The molecule has 1 aliphatic heterocycles. The number of pyridine rings is 1. The molecule has 1 fully saturated rings. The SMILES string of the molecule is COc1ccc2c(C3COC(CCCN(CC(N)=O)Cc4ccncc4)OC3)cccc2c1. The Labute approximate surface area is 194 Å². The van der Waals surface area contributed by atoms with Crippen LogP contribution < -0.4 is 10.5 Å². The summed E-state index contributed by atoms with van der Waals surface area (Å²) in [7, 11) is 1.68. The van der Waals surface area contributed by atoms with Crippen LogP contribution in [-0.2, 0) is 20.8 Å². The normalized spacial score (nSPS) is 18.5. The average Bonchev–Trinajstić information content (AvgIpc) is 2.84. The molecule has 0 bridgehead atoms. The highest BCUT2D eigenvalue weighted by atomic mass is 16.7. The number of benzene rings is 2. The van der Waals surface area contributed by atoms with Crippen molar-refractivity contribution in [2.75, 3.05) is 33.4 Å². The van der Waals surface area contributed by atoms with Crippen LogP contribution in [0.4, 0.5) is 0 Å². The molecule has 7 heteroatoms. The smallest absolute Gasteiger partial charge is 0.231 e. The Balaban J connectivity index is 1.28. The van der Waals surface area contributed by atoms with E-state index in [9.17, 15) is 4.79 Å². The van der Waals surface area contributed by atoms with Crippen LogP contribution in [0, 0.1) is 0 Å². The van der Waals surface area contributed by atoms with E-state index >= 15 is 0 Å². The van der Waals surface area contributed by atoms with Crippen LogP contribution in [0.3, 0.4) is 0 Å². The van der Waals surface area contributed by atoms with Gasteiger partial charge in [-0.15, -0.1) is 0 Å². The second-order valence-corrected chi connectivity index (χ2v) is 8.40. The molecule has 0 spiro atoms. The number of amides is 1. The van der Waals surface area contributed by atoms with Crippen molar-refractivity contribution in [3.05, 3.63) is 72.1 Å². The van der Waals surface area contributed by atoms with Gasteiger partial charge in [0.25, 0.3) is 0 Å². The summed E-state index contributed by atoms with van der Waals surface area (Å²) >= 11 is 0. The van der Waals surface area contributed by atoms with E-state index in [1.54, 1.807) is 19.5 Å². The summed E-state index contributed by atoms with van der Waals surface area (Å²) < 4.78 is 17.5. The quantitative estimate of drug-likeness (QED) is 0.510. The van der Waals surface area contributed by atoms with Gasteiger partial charge >= 0.3 is 0 Å². The molecular formula is C26H31N3O4. The first kappa shape index (κ1) is 23.2. The molecule has 1 aliphatic rings. The van der Waals surface area contributed by atoms with Gasteiger partial charge in [-0.1, -0.05) is 24.3 Å². The van der Waals surface area contributed by atoms with E-state index in [1.807, 2.05) is 23.1 Å². The highest BCUT2D eigenvalue weighted by Gasteiger charge is 2.25. The van der Waals surface area contributed by atoms with Gasteiger partial charge in [-0.05, 0) is 65.6 Å². The summed E-state index contributed by atoms with van der Waals surface area (Å²) in [5.74, 6) is 0.714. The molecule has 1 saturated heterocycles. The van der Waals surface area contributed by atoms with Gasteiger partial charge in [0.2, 0.25) is 5.91 Å². The van der Waals surface area contributed by atoms with Crippen LogP contribution >= 0.6 is 0 Å². The van der Waals surface area contributed by atoms with Gasteiger partial charge in [-0.2, -0.15) is 0 Å². The zero-order valence-corrected chi connectivity index (χ0v) is 19.0. The molecule has 1 aromatic heterocycles. The molecule has 2 N–H and O–H groups in total. The third-order valence-corrected chi connectivity index (χ3v) is 5.98. The van der Waals surface area contributed by atoms with Gasteiger partial charge in [0.1, 0.15) is 5.75 Å². The van der Waals surface area contributed by atoms with Crippen molar-refractivity contribution in [1.29, 1.82) is 0 Å². The van der Waals surface area contributed by atoms with Crippen molar-refractivity contribution in [3.8, 4) is 5.75 Å². The Kier molecular flexibility index (Phi) is 7.88. The lowest BCUT2D eigenvalue weighted by Gasteiger charge is -2.31. The van der Waals surface area contributed by atoms with Crippen LogP contribution in [0.5, 0.6) is 5.75 Å². The summed E-state index contributed by atoms with van der Waals surface area (Å²) in [6, 6.07) is 16.4. The summed E-state index contributed by atoms with van der Waals surface area (Å²) in [5, 5.41) is 2.35. The molecule has 3 aromatic rings. The number of hydrogen-bond acceptors (Lipinski definition) is 6. The highest BCUT2D eigenvalue weighted by molar-refractivity contribution is 5.87. The van der Waals surface area contributed by atoms with Gasteiger partial charge in [-0.3, -0.25) is 14.7 Å². The van der Waals surface area contributed by atoms with Crippen molar-refractivity contribution in [3.63, 3.8) is 0 Å². The molecule has 0 saturated carbocycles. The second-order valence-electron chi connectivity index (χ2n) is 8.40. The first-order valence-electron chi connectivity index (χ1n) is 11.3. The second kappa shape index (κ2) is 11.2. The van der Waals surface area contributed by atoms with Gasteiger partial charge < -0.3 is 19.9 Å². The van der Waals surface area contributed by atoms with Gasteiger partial charge in [0, 0.05) is 24.9 Å². The molecule has 1 amide bonds. The topological polar surface area (TPSA) is 86.9 Å². The molecule has 33 heavy (non-hydrogen) atoms. The minimum atomic E-state index is -0.329. The predicted molar refractivity (Wildman–Crippen MR) is 127 cm³/mol. The summed E-state index contributed by atoms with van der Waals surface area (Å²) in [6.07, 6.45) is 4.90. The molecule has 0 aliphatic carbocycles. The number of primary amides is 1. The Bertz CT molecular complexity index is 1050. The van der Waals surface area contributed by atoms with E-state index in [4.69, 9.17) is 19.9 Å². The van der Waals surface area contributed by atoms with E-state index in [2.05, 4.69) is 35.3 Å². The van der Waals surface area contributed by atoms with Crippen LogP contribution in [0.15, 0.2) is 60.9 Å². The fourth-order valence-electron chi connectivity index (χ4n) is 4.32. The van der Waals surface area contributed by atoms with E-state index < -0.39 is 0 Å². The molecule has 0 radical (unpaired) electrons. The maximum absolute atomic E-state index is 11.5. The third-order valence-electron chi connectivity index (χ3n) is 5.98. The summed E-state index contributed by atoms with van der Waals surface area (Å²) in [6.45, 7) is 2.87. The molecule has 0 atom stereocenters. The first-order valence-corrected chi connectivity index (χ1v) is 11.3. The number of fused-ring (bicyclic) bond motifs is 1. The highest BCUT2D eigenvalue weighted by Crippen LogP contribution is 2.31. The Morgan fingerprint density at radius 1 is 1.15 bits per heavy atom. The first-order chi connectivity index (χ1) is 16.1. The van der Waals surface area contributed by atoms with E-state index in [-0.39, 0.29) is 24.7 Å². The standard InChI is InChI=1S/C26H31N3O4/c1-31-22-7-8-24-20(14-22)4-2-5-23(24)21-17-32-26(33-18-21)6-3-13-29(16-25(27)30)15-19-9-11-28-12-10-19/h2,4-5,7-12,14,21,26H,3,6,13,15-18H2,1H3,(H2,27,30). The Morgan fingerprint density at radius 2 is 1.94 bits per heavy atom. The Morgan fingerprint density at radius 3 is 2.67 bits per heavy atom. The lowest BCUT2D eigenvalue weighted by Crippen LogP contribution is -2.35. The number of carbonyl (C=O) groups excluding carboxylic acids is 1. The zero-order chi connectivity index (χ0) is 23.0. The third kappa shape index (κ3) is 6.28. The monoisotopic (exact) mass is 449 g/mol. The summed E-state index contributed by atoms with van der Waals surface area (Å²) in [5.41, 5.74) is 7.78. The van der Waals surface area contributed by atoms with Crippen molar-refractivity contribution in [2.24, 2.45) is 5.73 Å². The average molecular weight is 450 g/mol. The molecular weight excluding hydrogens is 418 g/mol.